The molecular formula is C24H24N2O3. The molecule has 0 unspecified atom stereocenters. The zero-order valence-corrected chi connectivity index (χ0v) is 16.6. The third kappa shape index (κ3) is 4.10. The van der Waals surface area contributed by atoms with E-state index in [1.165, 1.54) is 0 Å². The third-order valence-corrected chi connectivity index (χ3v) is 4.93. The van der Waals surface area contributed by atoms with Gasteiger partial charge in [0.25, 0.3) is 0 Å². The first-order chi connectivity index (χ1) is 14.3. The van der Waals surface area contributed by atoms with E-state index in [0.29, 0.717) is 0 Å². The van der Waals surface area contributed by atoms with Crippen LogP contribution in [-0.4, -0.2) is 25.7 Å². The molecule has 0 aliphatic heterocycles. The standard InChI is InChI=1S/C24H24N2O3/c1-27-21-9-4-3-8-19(21)23-15-20-17(10-11-22(28-2)24(20)29-23)16-25-14-12-18-7-5-6-13-26-18/h3-11,13,15,25H,12,14,16H2,1-2H3. The summed E-state index contributed by atoms with van der Waals surface area (Å²) >= 11 is 0. The van der Waals surface area contributed by atoms with E-state index in [1.54, 1.807) is 14.2 Å². The van der Waals surface area contributed by atoms with Crippen molar-refractivity contribution in [2.45, 2.75) is 13.0 Å². The van der Waals surface area contributed by atoms with Gasteiger partial charge in [0, 0.05) is 36.8 Å². The van der Waals surface area contributed by atoms with E-state index in [-0.39, 0.29) is 0 Å². The van der Waals surface area contributed by atoms with Gasteiger partial charge in [-0.3, -0.25) is 4.98 Å². The van der Waals surface area contributed by atoms with Gasteiger partial charge in [-0.15, -0.1) is 0 Å². The Labute approximate surface area is 170 Å². The fraction of sp³-hybridized carbons (Fsp3) is 0.208. The summed E-state index contributed by atoms with van der Waals surface area (Å²) in [5, 5.41) is 4.54. The van der Waals surface area contributed by atoms with Gasteiger partial charge < -0.3 is 19.2 Å². The zero-order valence-electron chi connectivity index (χ0n) is 16.6. The highest BCUT2D eigenvalue weighted by atomic mass is 16.5. The number of hydrogen-bond donors (Lipinski definition) is 1. The second kappa shape index (κ2) is 8.80. The molecule has 0 aliphatic rings. The van der Waals surface area contributed by atoms with Gasteiger partial charge in [0.1, 0.15) is 11.5 Å². The van der Waals surface area contributed by atoms with E-state index < -0.39 is 0 Å². The van der Waals surface area contributed by atoms with E-state index in [2.05, 4.69) is 22.4 Å². The summed E-state index contributed by atoms with van der Waals surface area (Å²) in [6.07, 6.45) is 2.71. The van der Waals surface area contributed by atoms with E-state index in [0.717, 1.165) is 64.6 Å². The van der Waals surface area contributed by atoms with Crippen LogP contribution in [0.15, 0.2) is 71.3 Å². The Balaban J connectivity index is 1.59. The number of furan rings is 1. The van der Waals surface area contributed by atoms with Crippen LogP contribution in [0.5, 0.6) is 11.5 Å². The molecule has 2 aromatic carbocycles. The van der Waals surface area contributed by atoms with Crippen molar-refractivity contribution in [2.24, 2.45) is 0 Å². The molecule has 4 rings (SSSR count). The molecule has 0 aliphatic carbocycles. The lowest BCUT2D eigenvalue weighted by Gasteiger charge is -2.08. The molecule has 0 saturated carbocycles. The average Bonchev–Trinajstić information content (AvgIpc) is 3.23. The number of methoxy groups -OCH3 is 2. The van der Waals surface area contributed by atoms with Gasteiger partial charge in [0.15, 0.2) is 11.3 Å². The fourth-order valence-corrected chi connectivity index (χ4v) is 3.44. The zero-order chi connectivity index (χ0) is 20.1. The number of aromatic nitrogens is 1. The second-order valence-electron chi connectivity index (χ2n) is 6.73. The number of hydrogen-bond acceptors (Lipinski definition) is 5. The Hall–Kier alpha value is -3.31. The van der Waals surface area contributed by atoms with E-state index >= 15 is 0 Å². The summed E-state index contributed by atoms with van der Waals surface area (Å²) in [7, 11) is 3.32. The van der Waals surface area contributed by atoms with Gasteiger partial charge in [-0.1, -0.05) is 24.3 Å². The summed E-state index contributed by atoms with van der Waals surface area (Å²) in [5.74, 6) is 2.26. The lowest BCUT2D eigenvalue weighted by molar-refractivity contribution is 0.408. The quantitative estimate of drug-likeness (QED) is 0.438. The second-order valence-corrected chi connectivity index (χ2v) is 6.73. The molecule has 0 radical (unpaired) electrons. The minimum absolute atomic E-state index is 0.721. The highest BCUT2D eigenvalue weighted by Gasteiger charge is 2.16. The van der Waals surface area contributed by atoms with Gasteiger partial charge in [-0.25, -0.2) is 0 Å². The molecule has 2 aromatic heterocycles. The van der Waals surface area contributed by atoms with E-state index in [1.807, 2.05) is 54.7 Å². The van der Waals surface area contributed by atoms with Gasteiger partial charge in [0.05, 0.1) is 19.8 Å². The highest BCUT2D eigenvalue weighted by Crippen LogP contribution is 2.38. The molecular weight excluding hydrogens is 364 g/mol. The molecule has 5 nitrogen and oxygen atoms in total. The first-order valence-electron chi connectivity index (χ1n) is 9.63. The van der Waals surface area contributed by atoms with Crippen molar-refractivity contribution in [3.05, 3.63) is 78.1 Å². The number of pyridine rings is 1. The SMILES string of the molecule is COc1ccccc1-c1cc2c(CNCCc3ccccn3)ccc(OC)c2o1. The van der Waals surface area contributed by atoms with Crippen LogP contribution in [0.4, 0.5) is 0 Å². The van der Waals surface area contributed by atoms with Crippen molar-refractivity contribution in [1.29, 1.82) is 0 Å². The first-order valence-corrected chi connectivity index (χ1v) is 9.63. The van der Waals surface area contributed by atoms with Gasteiger partial charge in [-0.05, 0) is 42.0 Å². The number of nitrogens with one attached hydrogen (secondary N) is 1. The van der Waals surface area contributed by atoms with Crippen LogP contribution in [0, 0.1) is 0 Å². The van der Waals surface area contributed by atoms with Gasteiger partial charge in [-0.2, -0.15) is 0 Å². The maximum Gasteiger partial charge on any atom is 0.176 e. The molecule has 0 spiro atoms. The Morgan fingerprint density at radius 2 is 1.76 bits per heavy atom. The number of rotatable bonds is 8. The minimum Gasteiger partial charge on any atom is -0.496 e. The number of ether oxygens (including phenoxy) is 2. The van der Waals surface area contributed by atoms with Crippen molar-refractivity contribution in [1.82, 2.24) is 10.3 Å². The topological polar surface area (TPSA) is 56.5 Å². The lowest BCUT2D eigenvalue weighted by atomic mass is 10.1. The van der Waals surface area contributed by atoms with Crippen LogP contribution >= 0.6 is 0 Å². The Morgan fingerprint density at radius 3 is 2.55 bits per heavy atom. The molecule has 0 atom stereocenters. The maximum absolute atomic E-state index is 6.19. The summed E-state index contributed by atoms with van der Waals surface area (Å²) in [6, 6.07) is 19.9. The smallest absolute Gasteiger partial charge is 0.176 e. The molecule has 5 heteroatoms. The van der Waals surface area contributed by atoms with Crippen molar-refractivity contribution < 1.29 is 13.9 Å². The third-order valence-electron chi connectivity index (χ3n) is 4.93. The number of nitrogens with zero attached hydrogens (tertiary/aromatic N) is 1. The lowest BCUT2D eigenvalue weighted by Crippen LogP contribution is -2.17. The van der Waals surface area contributed by atoms with E-state index in [4.69, 9.17) is 13.9 Å². The van der Waals surface area contributed by atoms with Crippen LogP contribution in [-0.2, 0) is 13.0 Å². The van der Waals surface area contributed by atoms with Crippen molar-refractivity contribution >= 4 is 11.0 Å². The minimum atomic E-state index is 0.721. The maximum atomic E-state index is 6.19. The van der Waals surface area contributed by atoms with Crippen molar-refractivity contribution in [3.8, 4) is 22.8 Å². The molecule has 29 heavy (non-hydrogen) atoms. The molecule has 0 amide bonds. The molecule has 2 heterocycles. The average molecular weight is 388 g/mol. The molecule has 4 aromatic rings. The molecule has 0 saturated heterocycles. The van der Waals surface area contributed by atoms with Crippen LogP contribution in [0.25, 0.3) is 22.3 Å². The first kappa shape index (κ1) is 19.0. The number of para-hydroxylation sites is 1. The molecule has 0 bridgehead atoms. The monoisotopic (exact) mass is 388 g/mol. The molecule has 1 N–H and O–H groups in total. The Kier molecular flexibility index (Phi) is 5.77. The fourth-order valence-electron chi connectivity index (χ4n) is 3.44. The number of benzene rings is 2. The van der Waals surface area contributed by atoms with E-state index in [9.17, 15) is 0 Å². The molecule has 0 fully saturated rings. The largest absolute Gasteiger partial charge is 0.496 e. The predicted molar refractivity (Wildman–Crippen MR) is 114 cm³/mol. The summed E-state index contributed by atoms with van der Waals surface area (Å²) in [4.78, 5) is 4.37. The summed E-state index contributed by atoms with van der Waals surface area (Å²) in [6.45, 7) is 1.58. The van der Waals surface area contributed by atoms with Crippen LogP contribution in [0.2, 0.25) is 0 Å². The number of fused-ring (bicyclic) bond motifs is 1. The Bertz CT molecular complexity index is 1090. The van der Waals surface area contributed by atoms with Gasteiger partial charge >= 0.3 is 0 Å². The predicted octanol–water partition coefficient (Wildman–Crippen LogP) is 4.84. The van der Waals surface area contributed by atoms with Crippen LogP contribution in [0.1, 0.15) is 11.3 Å². The summed E-state index contributed by atoms with van der Waals surface area (Å²) in [5.41, 5.74) is 3.91. The van der Waals surface area contributed by atoms with Crippen LogP contribution in [0.3, 0.4) is 0 Å². The normalized spacial score (nSPS) is 11.0. The Morgan fingerprint density at radius 1 is 0.931 bits per heavy atom. The summed E-state index contributed by atoms with van der Waals surface area (Å²) < 4.78 is 17.2. The van der Waals surface area contributed by atoms with Gasteiger partial charge in [0.2, 0.25) is 0 Å². The molecule has 148 valence electrons. The van der Waals surface area contributed by atoms with Crippen molar-refractivity contribution in [3.63, 3.8) is 0 Å². The van der Waals surface area contributed by atoms with Crippen molar-refractivity contribution in [2.75, 3.05) is 20.8 Å². The van der Waals surface area contributed by atoms with Crippen LogP contribution < -0.4 is 14.8 Å². The highest BCUT2D eigenvalue weighted by molar-refractivity contribution is 5.90.